The lowest BCUT2D eigenvalue weighted by Gasteiger charge is -1.98. The molecule has 0 radical (unpaired) electrons. The molecule has 0 spiro atoms. The molecule has 2 aromatic heterocycles. The van der Waals surface area contributed by atoms with Crippen LogP contribution in [0.2, 0.25) is 0 Å². The van der Waals surface area contributed by atoms with Crippen molar-refractivity contribution in [2.45, 2.75) is 13.3 Å². The van der Waals surface area contributed by atoms with Crippen LogP contribution in [-0.4, -0.2) is 32.8 Å². The molecule has 1 aliphatic heterocycles. The van der Waals surface area contributed by atoms with Gasteiger partial charge in [-0.1, -0.05) is 6.92 Å². The van der Waals surface area contributed by atoms with Crippen LogP contribution in [0.15, 0.2) is 23.3 Å². The molecular formula is C14H17Cl2N5O. The molecule has 1 aliphatic rings. The molecule has 2 aromatic rings. The molecule has 0 aromatic carbocycles. The highest BCUT2D eigenvalue weighted by Crippen LogP contribution is 2.31. The van der Waals surface area contributed by atoms with Crippen LogP contribution in [0.4, 0.5) is 11.8 Å². The fraction of sp³-hybridized carbons (Fsp3) is 0.214. The molecule has 8 heteroatoms. The number of pyridine rings is 1. The first kappa shape index (κ1) is 18.0. The summed E-state index contributed by atoms with van der Waals surface area (Å²) in [5, 5.41) is 12.9. The summed E-state index contributed by atoms with van der Waals surface area (Å²) in [5.74, 6) is 1.24. The summed E-state index contributed by atoms with van der Waals surface area (Å²) in [6.45, 7) is 2.87. The number of aromatic nitrogens is 3. The largest absolute Gasteiger partial charge is 0.492 e. The van der Waals surface area contributed by atoms with Crippen molar-refractivity contribution < 1.29 is 5.11 Å². The quantitative estimate of drug-likeness (QED) is 0.794. The van der Waals surface area contributed by atoms with Crippen molar-refractivity contribution in [3.8, 4) is 5.88 Å². The van der Waals surface area contributed by atoms with E-state index in [1.807, 2.05) is 18.2 Å². The number of nitrogens with zero attached hydrogens (tertiary/aromatic N) is 3. The van der Waals surface area contributed by atoms with E-state index in [0.717, 1.165) is 24.1 Å². The van der Waals surface area contributed by atoms with Gasteiger partial charge in [-0.2, -0.15) is 4.98 Å². The maximum atomic E-state index is 9.85. The molecule has 118 valence electrons. The molecular weight excluding hydrogens is 325 g/mol. The SMILES string of the molecule is CCCNc1nc(O)c(C=C2C=Nc3ncccc32)[nH]1.Cl.Cl. The van der Waals surface area contributed by atoms with Crippen LogP contribution in [-0.2, 0) is 0 Å². The minimum Gasteiger partial charge on any atom is -0.492 e. The van der Waals surface area contributed by atoms with E-state index in [4.69, 9.17) is 0 Å². The summed E-state index contributed by atoms with van der Waals surface area (Å²) in [5.41, 5.74) is 2.40. The number of hydrogen-bond donors (Lipinski definition) is 3. The van der Waals surface area contributed by atoms with E-state index in [1.165, 1.54) is 0 Å². The lowest BCUT2D eigenvalue weighted by atomic mass is 10.1. The van der Waals surface area contributed by atoms with Crippen LogP contribution in [0.25, 0.3) is 11.6 Å². The van der Waals surface area contributed by atoms with Gasteiger partial charge in [0.05, 0.1) is 0 Å². The first-order valence-electron chi connectivity index (χ1n) is 6.52. The van der Waals surface area contributed by atoms with Crippen LogP contribution in [0.3, 0.4) is 0 Å². The van der Waals surface area contributed by atoms with E-state index in [9.17, 15) is 5.11 Å². The summed E-state index contributed by atoms with van der Waals surface area (Å²) in [6.07, 6.45) is 6.25. The fourth-order valence-electron chi connectivity index (χ4n) is 2.00. The number of rotatable bonds is 4. The number of aliphatic imine (C=N–C) groups is 1. The number of fused-ring (bicyclic) bond motifs is 1. The highest BCUT2D eigenvalue weighted by molar-refractivity contribution is 6.20. The Hall–Kier alpha value is -2.05. The van der Waals surface area contributed by atoms with Gasteiger partial charge in [0.25, 0.3) is 0 Å². The van der Waals surface area contributed by atoms with E-state index in [1.54, 1.807) is 12.4 Å². The third kappa shape index (κ3) is 3.58. The Morgan fingerprint density at radius 2 is 2.18 bits per heavy atom. The number of aromatic hydroxyl groups is 1. The van der Waals surface area contributed by atoms with Crippen molar-refractivity contribution in [3.63, 3.8) is 0 Å². The predicted molar refractivity (Wildman–Crippen MR) is 93.8 cm³/mol. The summed E-state index contributed by atoms with van der Waals surface area (Å²) < 4.78 is 0. The van der Waals surface area contributed by atoms with Gasteiger partial charge in [-0.15, -0.1) is 24.8 Å². The Bertz CT molecular complexity index is 696. The topological polar surface area (TPSA) is 86.2 Å². The van der Waals surface area contributed by atoms with Gasteiger partial charge in [0, 0.05) is 30.1 Å². The van der Waals surface area contributed by atoms with Crippen LogP contribution in [0.1, 0.15) is 24.6 Å². The second-order valence-electron chi connectivity index (χ2n) is 4.48. The number of anilines is 1. The Balaban J connectivity index is 0.00000121. The number of imidazole rings is 1. The first-order valence-corrected chi connectivity index (χ1v) is 6.52. The summed E-state index contributed by atoms with van der Waals surface area (Å²) in [4.78, 5) is 15.5. The Kier molecular flexibility index (Phi) is 6.39. The molecule has 0 fully saturated rings. The molecule has 0 atom stereocenters. The molecule has 0 amide bonds. The van der Waals surface area contributed by atoms with E-state index in [-0.39, 0.29) is 30.7 Å². The van der Waals surface area contributed by atoms with Gasteiger partial charge in [-0.25, -0.2) is 9.98 Å². The molecule has 0 saturated carbocycles. The normalized spacial score (nSPS) is 13.4. The lowest BCUT2D eigenvalue weighted by molar-refractivity contribution is 0.455. The van der Waals surface area contributed by atoms with Gasteiger partial charge < -0.3 is 15.4 Å². The monoisotopic (exact) mass is 341 g/mol. The van der Waals surface area contributed by atoms with Crippen molar-refractivity contribution in [2.24, 2.45) is 4.99 Å². The van der Waals surface area contributed by atoms with E-state index >= 15 is 0 Å². The average Bonchev–Trinajstić information content (AvgIpc) is 3.02. The summed E-state index contributed by atoms with van der Waals surface area (Å²) in [7, 11) is 0. The highest BCUT2D eigenvalue weighted by atomic mass is 35.5. The Labute approximate surface area is 140 Å². The van der Waals surface area contributed by atoms with Gasteiger partial charge in [0.1, 0.15) is 5.69 Å². The number of hydrogen-bond acceptors (Lipinski definition) is 5. The maximum Gasteiger partial charge on any atom is 0.238 e. The number of H-pyrrole nitrogens is 1. The number of halogens is 2. The van der Waals surface area contributed by atoms with Gasteiger partial charge in [0.2, 0.25) is 11.8 Å². The zero-order valence-corrected chi connectivity index (χ0v) is 13.5. The van der Waals surface area contributed by atoms with E-state index in [0.29, 0.717) is 17.5 Å². The van der Waals surface area contributed by atoms with Crippen molar-refractivity contribution in [3.05, 3.63) is 29.6 Å². The maximum absolute atomic E-state index is 9.85. The number of nitrogens with one attached hydrogen (secondary N) is 2. The van der Waals surface area contributed by atoms with Crippen molar-refractivity contribution in [2.75, 3.05) is 11.9 Å². The number of aromatic amines is 1. The molecule has 0 bridgehead atoms. The van der Waals surface area contributed by atoms with Crippen LogP contribution in [0, 0.1) is 0 Å². The van der Waals surface area contributed by atoms with Crippen LogP contribution in [0.5, 0.6) is 5.88 Å². The first-order chi connectivity index (χ1) is 9.78. The second kappa shape index (κ2) is 7.82. The molecule has 0 saturated heterocycles. The molecule has 0 unspecified atom stereocenters. The average molecular weight is 342 g/mol. The van der Waals surface area contributed by atoms with Gasteiger partial charge in [-0.3, -0.25) is 0 Å². The summed E-state index contributed by atoms with van der Waals surface area (Å²) >= 11 is 0. The van der Waals surface area contributed by atoms with Gasteiger partial charge in [0.15, 0.2) is 5.82 Å². The third-order valence-electron chi connectivity index (χ3n) is 2.98. The van der Waals surface area contributed by atoms with Gasteiger partial charge >= 0.3 is 0 Å². The predicted octanol–water partition coefficient (Wildman–Crippen LogP) is 3.43. The van der Waals surface area contributed by atoms with Crippen molar-refractivity contribution in [1.29, 1.82) is 0 Å². The zero-order valence-electron chi connectivity index (χ0n) is 11.9. The smallest absolute Gasteiger partial charge is 0.238 e. The number of allylic oxidation sites excluding steroid dienone is 1. The molecule has 3 N–H and O–H groups in total. The Morgan fingerprint density at radius 1 is 1.36 bits per heavy atom. The third-order valence-corrected chi connectivity index (χ3v) is 2.98. The molecule has 0 aliphatic carbocycles. The van der Waals surface area contributed by atoms with Crippen molar-refractivity contribution >= 4 is 54.4 Å². The van der Waals surface area contributed by atoms with E-state index in [2.05, 4.69) is 32.2 Å². The molecule has 3 rings (SSSR count). The molecule has 3 heterocycles. The summed E-state index contributed by atoms with van der Waals surface area (Å²) in [6, 6.07) is 3.81. The minimum atomic E-state index is -0.0261. The van der Waals surface area contributed by atoms with E-state index < -0.39 is 0 Å². The fourth-order valence-corrected chi connectivity index (χ4v) is 2.00. The van der Waals surface area contributed by atoms with Gasteiger partial charge in [-0.05, 0) is 24.6 Å². The molecule has 22 heavy (non-hydrogen) atoms. The minimum absolute atomic E-state index is 0. The highest BCUT2D eigenvalue weighted by Gasteiger charge is 2.14. The Morgan fingerprint density at radius 3 is 2.95 bits per heavy atom. The standard InChI is InChI=1S/C14H15N5O.2ClH/c1-2-5-16-14-18-11(13(20)19-14)7-9-8-17-12-10(9)4-3-6-15-12;;/h3-4,6-8,20H,2,5H2,1H3,(H2,16,18,19);2*1H. The van der Waals surface area contributed by atoms with Crippen LogP contribution < -0.4 is 5.32 Å². The lowest BCUT2D eigenvalue weighted by Crippen LogP contribution is -2.00. The van der Waals surface area contributed by atoms with Crippen molar-refractivity contribution in [1.82, 2.24) is 15.0 Å². The van der Waals surface area contributed by atoms with Crippen LogP contribution >= 0.6 is 24.8 Å². The molecule has 6 nitrogen and oxygen atoms in total. The second-order valence-corrected chi connectivity index (χ2v) is 4.48. The zero-order chi connectivity index (χ0) is 13.9.